The molecule has 1 N–H and O–H groups in total. The van der Waals surface area contributed by atoms with Gasteiger partial charge in [-0.25, -0.2) is 9.97 Å². The second-order valence-corrected chi connectivity index (χ2v) is 10.7. The largest absolute Gasteiger partial charge is 0.455 e. The number of benzene rings is 1. The molecule has 38 heavy (non-hydrogen) atoms. The molecule has 0 unspecified atom stereocenters. The van der Waals surface area contributed by atoms with Crippen LogP contribution in [0.2, 0.25) is 0 Å². The predicted octanol–water partition coefficient (Wildman–Crippen LogP) is 4.48. The van der Waals surface area contributed by atoms with Gasteiger partial charge in [0.1, 0.15) is 11.6 Å². The summed E-state index contributed by atoms with van der Waals surface area (Å²) in [5.41, 5.74) is 2.08. The van der Waals surface area contributed by atoms with Crippen molar-refractivity contribution in [1.29, 1.82) is 0 Å². The summed E-state index contributed by atoms with van der Waals surface area (Å²) >= 11 is 1.51. The normalized spacial score (nSPS) is 16.3. The fraction of sp³-hybridized carbons (Fsp3) is 0.414. The van der Waals surface area contributed by atoms with E-state index in [2.05, 4.69) is 56.5 Å². The fourth-order valence-electron chi connectivity index (χ4n) is 4.33. The van der Waals surface area contributed by atoms with Crippen LogP contribution in [-0.4, -0.2) is 67.2 Å². The molecule has 3 aromatic rings. The van der Waals surface area contributed by atoms with E-state index in [9.17, 15) is 4.79 Å². The van der Waals surface area contributed by atoms with Crippen molar-refractivity contribution >= 4 is 29.6 Å². The highest BCUT2D eigenvalue weighted by Gasteiger charge is 2.23. The highest BCUT2D eigenvalue weighted by atomic mass is 32.2. The van der Waals surface area contributed by atoms with E-state index in [4.69, 9.17) is 14.1 Å². The average Bonchev–Trinajstić information content (AvgIpc) is 3.66. The molecule has 1 saturated carbocycles. The number of methoxy groups -OCH3 is 1. The number of carbonyl (C=O) groups excluding carboxylic acids is 1. The molecular weight excluding hydrogens is 498 g/mol. The summed E-state index contributed by atoms with van der Waals surface area (Å²) in [6.07, 6.45) is 6.82. The molecule has 1 aliphatic carbocycles. The zero-order chi connectivity index (χ0) is 26.2. The monoisotopic (exact) mass is 533 g/mol. The SMILES string of the molecule is COCc1cc(N2CCN(C/C=C/c3ccccc3)CC2)nc(SCc2ccc(C(=O)NCC3CC3)o2)n1. The first-order valence-corrected chi connectivity index (χ1v) is 14.2. The number of nitrogens with one attached hydrogen (secondary N) is 1. The number of nitrogens with zero attached hydrogens (tertiary/aromatic N) is 4. The van der Waals surface area contributed by atoms with E-state index in [-0.39, 0.29) is 5.91 Å². The van der Waals surface area contributed by atoms with Gasteiger partial charge >= 0.3 is 0 Å². The summed E-state index contributed by atoms with van der Waals surface area (Å²) < 4.78 is 11.1. The number of amides is 1. The van der Waals surface area contributed by atoms with Gasteiger partial charge in [-0.1, -0.05) is 54.2 Å². The van der Waals surface area contributed by atoms with Crippen LogP contribution < -0.4 is 10.2 Å². The van der Waals surface area contributed by atoms with Crippen molar-refractivity contribution in [2.75, 3.05) is 51.3 Å². The molecule has 1 amide bonds. The third kappa shape index (κ3) is 7.69. The van der Waals surface area contributed by atoms with Gasteiger partial charge in [0, 0.05) is 52.4 Å². The molecule has 200 valence electrons. The number of carbonyl (C=O) groups is 1. The first-order chi connectivity index (χ1) is 18.7. The fourth-order valence-corrected chi connectivity index (χ4v) is 5.10. The van der Waals surface area contributed by atoms with E-state index < -0.39 is 0 Å². The van der Waals surface area contributed by atoms with Crippen LogP contribution in [0.1, 0.15) is 40.4 Å². The lowest BCUT2D eigenvalue weighted by molar-refractivity contribution is 0.0922. The molecule has 8 nitrogen and oxygen atoms in total. The van der Waals surface area contributed by atoms with Crippen LogP contribution in [0, 0.1) is 5.92 Å². The summed E-state index contributed by atoms with van der Waals surface area (Å²) in [4.78, 5) is 26.6. The van der Waals surface area contributed by atoms with Gasteiger partial charge in [-0.05, 0) is 36.5 Å². The summed E-state index contributed by atoms with van der Waals surface area (Å²) in [7, 11) is 1.68. The van der Waals surface area contributed by atoms with E-state index in [0.717, 1.165) is 56.5 Å². The van der Waals surface area contributed by atoms with E-state index in [1.165, 1.54) is 30.2 Å². The van der Waals surface area contributed by atoms with Gasteiger partial charge in [0.25, 0.3) is 5.91 Å². The molecule has 2 aliphatic rings. The van der Waals surface area contributed by atoms with Crippen molar-refractivity contribution in [3.05, 3.63) is 77.4 Å². The summed E-state index contributed by atoms with van der Waals surface area (Å²) in [5.74, 6) is 3.04. The minimum Gasteiger partial charge on any atom is -0.455 e. The molecule has 0 radical (unpaired) electrons. The third-order valence-corrected chi connectivity index (χ3v) is 7.55. The molecule has 2 aromatic heterocycles. The Morgan fingerprint density at radius 2 is 1.95 bits per heavy atom. The molecule has 9 heteroatoms. The van der Waals surface area contributed by atoms with Gasteiger partial charge in [0.15, 0.2) is 10.9 Å². The van der Waals surface area contributed by atoms with Crippen LogP contribution in [0.5, 0.6) is 0 Å². The number of anilines is 1. The number of furan rings is 1. The lowest BCUT2D eigenvalue weighted by Gasteiger charge is -2.35. The van der Waals surface area contributed by atoms with Crippen LogP contribution >= 0.6 is 11.8 Å². The molecule has 0 spiro atoms. The Balaban J connectivity index is 1.15. The lowest BCUT2D eigenvalue weighted by atomic mass is 10.2. The van der Waals surface area contributed by atoms with Crippen LogP contribution in [0.25, 0.3) is 6.08 Å². The molecule has 3 heterocycles. The Bertz CT molecular complexity index is 1220. The van der Waals surface area contributed by atoms with Gasteiger partial charge < -0.3 is 19.4 Å². The molecule has 0 bridgehead atoms. The van der Waals surface area contributed by atoms with Gasteiger partial charge in [-0.3, -0.25) is 9.69 Å². The molecule has 1 aliphatic heterocycles. The lowest BCUT2D eigenvalue weighted by Crippen LogP contribution is -2.46. The molecule has 1 saturated heterocycles. The van der Waals surface area contributed by atoms with Crippen LogP contribution in [0.3, 0.4) is 0 Å². The minimum atomic E-state index is -0.150. The summed E-state index contributed by atoms with van der Waals surface area (Å²) in [6.45, 7) is 5.86. The number of aromatic nitrogens is 2. The van der Waals surface area contributed by atoms with Gasteiger partial charge in [-0.15, -0.1) is 0 Å². The average molecular weight is 534 g/mol. The first-order valence-electron chi connectivity index (χ1n) is 13.2. The van der Waals surface area contributed by atoms with E-state index >= 15 is 0 Å². The maximum absolute atomic E-state index is 12.3. The molecule has 2 fully saturated rings. The van der Waals surface area contributed by atoms with E-state index in [1.54, 1.807) is 13.2 Å². The standard InChI is InChI=1S/C29H35N5O3S/c1-36-20-24-18-27(34-16-14-33(15-17-34)13-5-8-22-6-3-2-4-7-22)32-29(31-24)38-21-25-11-12-26(37-25)28(35)30-19-23-9-10-23/h2-8,11-12,18,23H,9-10,13-17,19-21H2,1H3,(H,30,35)/b8-5+. The van der Waals surface area contributed by atoms with Crippen molar-refractivity contribution < 1.29 is 13.9 Å². The van der Waals surface area contributed by atoms with Crippen LogP contribution in [-0.2, 0) is 17.1 Å². The van der Waals surface area contributed by atoms with Gasteiger partial charge in [0.05, 0.1) is 18.1 Å². The zero-order valence-electron chi connectivity index (χ0n) is 21.8. The second kappa shape index (κ2) is 13.1. The first kappa shape index (κ1) is 26.5. The Morgan fingerprint density at radius 3 is 2.71 bits per heavy atom. The number of ether oxygens (including phenoxy) is 1. The highest BCUT2D eigenvalue weighted by Crippen LogP contribution is 2.28. The molecule has 1 aromatic carbocycles. The Hall–Kier alpha value is -3.14. The third-order valence-electron chi connectivity index (χ3n) is 6.68. The molecule has 0 atom stereocenters. The zero-order valence-corrected chi connectivity index (χ0v) is 22.7. The van der Waals surface area contributed by atoms with Crippen molar-refractivity contribution in [3.63, 3.8) is 0 Å². The van der Waals surface area contributed by atoms with Crippen LogP contribution in [0.4, 0.5) is 5.82 Å². The van der Waals surface area contributed by atoms with Gasteiger partial charge in [-0.2, -0.15) is 0 Å². The number of rotatable bonds is 12. The number of hydrogen-bond donors (Lipinski definition) is 1. The second-order valence-electron chi connectivity index (χ2n) is 9.74. The van der Waals surface area contributed by atoms with Crippen LogP contribution in [0.15, 0.2) is 64.2 Å². The van der Waals surface area contributed by atoms with Gasteiger partial charge in [0.2, 0.25) is 0 Å². The number of thioether (sulfide) groups is 1. The number of hydrogen-bond acceptors (Lipinski definition) is 8. The topological polar surface area (TPSA) is 83.7 Å². The predicted molar refractivity (Wildman–Crippen MR) is 150 cm³/mol. The Labute approximate surface area is 228 Å². The van der Waals surface area contributed by atoms with Crippen molar-refractivity contribution in [2.24, 2.45) is 5.92 Å². The maximum Gasteiger partial charge on any atom is 0.287 e. The highest BCUT2D eigenvalue weighted by molar-refractivity contribution is 7.98. The van der Waals surface area contributed by atoms with E-state index in [1.807, 2.05) is 18.2 Å². The molecule has 5 rings (SSSR count). The Morgan fingerprint density at radius 1 is 1.13 bits per heavy atom. The van der Waals surface area contributed by atoms with Crippen molar-refractivity contribution in [2.45, 2.75) is 30.4 Å². The van der Waals surface area contributed by atoms with E-state index in [0.29, 0.717) is 29.2 Å². The summed E-state index contributed by atoms with van der Waals surface area (Å²) in [6, 6.07) is 16.0. The maximum atomic E-state index is 12.3. The quantitative estimate of drug-likeness (QED) is 0.270. The minimum absolute atomic E-state index is 0.150. The van der Waals surface area contributed by atoms with Crippen molar-refractivity contribution in [3.8, 4) is 0 Å². The van der Waals surface area contributed by atoms with Crippen molar-refractivity contribution in [1.82, 2.24) is 20.2 Å². The molecular formula is C29H35N5O3S. The Kier molecular flexibility index (Phi) is 9.11. The smallest absolute Gasteiger partial charge is 0.287 e. The number of piperazine rings is 1. The summed E-state index contributed by atoms with van der Waals surface area (Å²) in [5, 5.41) is 3.62.